The fourth-order valence-corrected chi connectivity index (χ4v) is 2.59. The summed E-state index contributed by atoms with van der Waals surface area (Å²) >= 11 is 0. The van der Waals surface area contributed by atoms with Gasteiger partial charge in [-0.3, -0.25) is 9.59 Å². The zero-order chi connectivity index (χ0) is 14.8. The molecule has 0 aromatic carbocycles. The third-order valence-electron chi connectivity index (χ3n) is 3.58. The molecule has 0 bridgehead atoms. The number of nitrogens with one attached hydrogen (secondary N) is 1. The van der Waals surface area contributed by atoms with Gasteiger partial charge in [-0.05, 0) is 25.2 Å². The van der Waals surface area contributed by atoms with E-state index in [1.165, 1.54) is 6.42 Å². The Morgan fingerprint density at radius 2 is 1.63 bits per heavy atom. The van der Waals surface area contributed by atoms with Crippen LogP contribution in [-0.4, -0.2) is 35.8 Å². The van der Waals surface area contributed by atoms with Gasteiger partial charge < -0.3 is 10.2 Å². The molecule has 1 saturated heterocycles. The first-order chi connectivity index (χ1) is 8.61. The SMILES string of the molecule is CC1CC(C)CN(C(=O)C(C)NC(=O)C(C)(C)C)C1. The molecular weight excluding hydrogens is 240 g/mol. The second kappa shape index (κ2) is 5.93. The second-order valence-corrected chi connectivity index (χ2v) is 7.13. The average Bonchev–Trinajstić information content (AvgIpc) is 2.25. The van der Waals surface area contributed by atoms with E-state index in [2.05, 4.69) is 19.2 Å². The predicted molar refractivity (Wildman–Crippen MR) is 76.6 cm³/mol. The van der Waals surface area contributed by atoms with Crippen LogP contribution in [0, 0.1) is 17.3 Å². The molecule has 1 N–H and O–H groups in total. The van der Waals surface area contributed by atoms with E-state index < -0.39 is 11.5 Å². The Balaban J connectivity index is 2.59. The van der Waals surface area contributed by atoms with Gasteiger partial charge in [0, 0.05) is 18.5 Å². The number of carbonyl (C=O) groups is 2. The van der Waals surface area contributed by atoms with Crippen LogP contribution in [-0.2, 0) is 9.59 Å². The van der Waals surface area contributed by atoms with Crippen molar-refractivity contribution in [1.29, 1.82) is 0 Å². The Morgan fingerprint density at radius 3 is 2.05 bits per heavy atom. The summed E-state index contributed by atoms with van der Waals surface area (Å²) in [5.41, 5.74) is -0.461. The number of carbonyl (C=O) groups excluding carboxylic acids is 2. The van der Waals surface area contributed by atoms with Crippen LogP contribution in [0.25, 0.3) is 0 Å². The molecule has 1 heterocycles. The maximum Gasteiger partial charge on any atom is 0.244 e. The topological polar surface area (TPSA) is 49.4 Å². The van der Waals surface area contributed by atoms with Gasteiger partial charge >= 0.3 is 0 Å². The van der Waals surface area contributed by atoms with E-state index in [-0.39, 0.29) is 11.8 Å². The van der Waals surface area contributed by atoms with Crippen LogP contribution in [0.2, 0.25) is 0 Å². The van der Waals surface area contributed by atoms with Crippen LogP contribution >= 0.6 is 0 Å². The van der Waals surface area contributed by atoms with E-state index in [4.69, 9.17) is 0 Å². The van der Waals surface area contributed by atoms with Gasteiger partial charge in [-0.15, -0.1) is 0 Å². The summed E-state index contributed by atoms with van der Waals surface area (Å²) in [7, 11) is 0. The fourth-order valence-electron chi connectivity index (χ4n) is 2.59. The third kappa shape index (κ3) is 4.51. The zero-order valence-corrected chi connectivity index (χ0v) is 13.1. The number of piperidine rings is 1. The predicted octanol–water partition coefficient (Wildman–Crippen LogP) is 2.04. The van der Waals surface area contributed by atoms with Crippen molar-refractivity contribution >= 4 is 11.8 Å². The highest BCUT2D eigenvalue weighted by molar-refractivity contribution is 5.89. The molecule has 4 nitrogen and oxygen atoms in total. The van der Waals surface area contributed by atoms with E-state index in [1.54, 1.807) is 6.92 Å². The normalized spacial score (nSPS) is 25.9. The highest BCUT2D eigenvalue weighted by atomic mass is 16.2. The first-order valence-electron chi connectivity index (χ1n) is 7.21. The van der Waals surface area contributed by atoms with Gasteiger partial charge in [-0.2, -0.15) is 0 Å². The van der Waals surface area contributed by atoms with Gasteiger partial charge in [0.1, 0.15) is 6.04 Å². The maximum atomic E-state index is 12.4. The average molecular weight is 268 g/mol. The van der Waals surface area contributed by atoms with E-state index in [0.29, 0.717) is 11.8 Å². The smallest absolute Gasteiger partial charge is 0.244 e. The molecule has 2 amide bonds. The number of rotatable bonds is 2. The van der Waals surface area contributed by atoms with Crippen LogP contribution in [0.1, 0.15) is 48.0 Å². The summed E-state index contributed by atoms with van der Waals surface area (Å²) in [6.07, 6.45) is 1.17. The Morgan fingerprint density at radius 1 is 1.16 bits per heavy atom. The maximum absolute atomic E-state index is 12.4. The molecule has 4 heteroatoms. The summed E-state index contributed by atoms with van der Waals surface area (Å²) in [5.74, 6) is 1.04. The molecule has 3 unspecified atom stereocenters. The first-order valence-corrected chi connectivity index (χ1v) is 7.21. The largest absolute Gasteiger partial charge is 0.344 e. The molecule has 0 aromatic heterocycles. The van der Waals surface area contributed by atoms with Crippen LogP contribution in [0.15, 0.2) is 0 Å². The first kappa shape index (κ1) is 16.0. The van der Waals surface area contributed by atoms with Crippen LogP contribution in [0.5, 0.6) is 0 Å². The molecule has 1 rings (SSSR count). The van der Waals surface area contributed by atoms with Gasteiger partial charge in [-0.25, -0.2) is 0 Å². The minimum absolute atomic E-state index is 0.0380. The van der Waals surface area contributed by atoms with Gasteiger partial charge in [0.15, 0.2) is 0 Å². The van der Waals surface area contributed by atoms with Crippen LogP contribution < -0.4 is 5.32 Å². The molecule has 0 aromatic rings. The molecule has 110 valence electrons. The minimum Gasteiger partial charge on any atom is -0.344 e. The highest BCUT2D eigenvalue weighted by Gasteiger charge is 2.30. The van der Waals surface area contributed by atoms with Crippen LogP contribution in [0.3, 0.4) is 0 Å². The van der Waals surface area contributed by atoms with E-state index >= 15 is 0 Å². The van der Waals surface area contributed by atoms with Crippen molar-refractivity contribution in [2.45, 2.75) is 54.0 Å². The Labute approximate surface area is 116 Å². The van der Waals surface area contributed by atoms with Gasteiger partial charge in [0.2, 0.25) is 11.8 Å². The summed E-state index contributed by atoms with van der Waals surface area (Å²) in [4.78, 5) is 26.2. The lowest BCUT2D eigenvalue weighted by Gasteiger charge is -2.36. The Hall–Kier alpha value is -1.06. The summed E-state index contributed by atoms with van der Waals surface area (Å²) in [6, 6.07) is -0.441. The van der Waals surface area contributed by atoms with Crippen molar-refractivity contribution in [2.24, 2.45) is 17.3 Å². The number of hydrogen-bond acceptors (Lipinski definition) is 2. The molecule has 0 saturated carbocycles. The zero-order valence-electron chi connectivity index (χ0n) is 13.1. The molecule has 0 aliphatic carbocycles. The molecule has 0 spiro atoms. The number of amides is 2. The lowest BCUT2D eigenvalue weighted by molar-refractivity contribution is -0.140. The molecule has 19 heavy (non-hydrogen) atoms. The number of likely N-dealkylation sites (tertiary alicyclic amines) is 1. The quantitative estimate of drug-likeness (QED) is 0.833. The number of nitrogens with zero attached hydrogens (tertiary/aromatic N) is 1. The summed E-state index contributed by atoms with van der Waals surface area (Å²) in [5, 5.41) is 2.82. The molecular formula is C15H28N2O2. The van der Waals surface area contributed by atoms with Crippen molar-refractivity contribution in [1.82, 2.24) is 10.2 Å². The van der Waals surface area contributed by atoms with E-state index in [0.717, 1.165) is 13.1 Å². The molecule has 0 radical (unpaired) electrons. The lowest BCUT2D eigenvalue weighted by atomic mass is 9.91. The van der Waals surface area contributed by atoms with Gasteiger partial charge in [0.05, 0.1) is 0 Å². The van der Waals surface area contributed by atoms with Gasteiger partial charge in [0.25, 0.3) is 0 Å². The van der Waals surface area contributed by atoms with E-state index in [9.17, 15) is 9.59 Å². The molecule has 1 fully saturated rings. The fraction of sp³-hybridized carbons (Fsp3) is 0.867. The molecule has 3 atom stereocenters. The van der Waals surface area contributed by atoms with Crippen molar-refractivity contribution in [3.63, 3.8) is 0 Å². The minimum atomic E-state index is -0.461. The summed E-state index contributed by atoms with van der Waals surface area (Å²) in [6.45, 7) is 13.3. The Kier molecular flexibility index (Phi) is 4.99. The number of hydrogen-bond donors (Lipinski definition) is 1. The summed E-state index contributed by atoms with van der Waals surface area (Å²) < 4.78 is 0. The Bertz CT molecular complexity index is 337. The molecule has 1 aliphatic rings. The van der Waals surface area contributed by atoms with Gasteiger partial charge in [-0.1, -0.05) is 34.6 Å². The molecule has 1 aliphatic heterocycles. The van der Waals surface area contributed by atoms with Crippen molar-refractivity contribution in [3.8, 4) is 0 Å². The highest BCUT2D eigenvalue weighted by Crippen LogP contribution is 2.21. The standard InChI is InChI=1S/C15H28N2O2/c1-10-7-11(2)9-17(8-10)13(18)12(3)16-14(19)15(4,5)6/h10-12H,7-9H2,1-6H3,(H,16,19). The van der Waals surface area contributed by atoms with Crippen molar-refractivity contribution < 1.29 is 9.59 Å². The lowest BCUT2D eigenvalue weighted by Crippen LogP contribution is -2.52. The third-order valence-corrected chi connectivity index (χ3v) is 3.58. The van der Waals surface area contributed by atoms with Crippen LogP contribution in [0.4, 0.5) is 0 Å². The van der Waals surface area contributed by atoms with Crippen molar-refractivity contribution in [3.05, 3.63) is 0 Å². The monoisotopic (exact) mass is 268 g/mol. The second-order valence-electron chi connectivity index (χ2n) is 7.13. The van der Waals surface area contributed by atoms with Crippen molar-refractivity contribution in [2.75, 3.05) is 13.1 Å². The van der Waals surface area contributed by atoms with E-state index in [1.807, 2.05) is 25.7 Å².